The van der Waals surface area contributed by atoms with E-state index in [4.69, 9.17) is 4.74 Å². The van der Waals surface area contributed by atoms with E-state index in [1.54, 1.807) is 7.11 Å². The van der Waals surface area contributed by atoms with Gasteiger partial charge in [0.15, 0.2) is 0 Å². The van der Waals surface area contributed by atoms with Gasteiger partial charge in [0.25, 0.3) is 5.91 Å². The van der Waals surface area contributed by atoms with Crippen LogP contribution in [-0.4, -0.2) is 57.5 Å². The van der Waals surface area contributed by atoms with E-state index in [-0.39, 0.29) is 5.91 Å². The number of amides is 1. The third-order valence-corrected chi connectivity index (χ3v) is 7.06. The molecule has 4 rings (SSSR count). The molecule has 2 N–H and O–H groups in total. The van der Waals surface area contributed by atoms with Crippen LogP contribution in [-0.2, 0) is 11.2 Å². The van der Waals surface area contributed by atoms with Gasteiger partial charge in [-0.3, -0.25) is 4.79 Å². The van der Waals surface area contributed by atoms with Crippen LogP contribution in [0, 0.1) is 0 Å². The van der Waals surface area contributed by atoms with Gasteiger partial charge in [-0.15, -0.1) is 0 Å². The van der Waals surface area contributed by atoms with Crippen LogP contribution in [0.5, 0.6) is 0 Å². The van der Waals surface area contributed by atoms with Crippen LogP contribution >= 0.6 is 0 Å². The molecule has 0 aliphatic carbocycles. The summed E-state index contributed by atoms with van der Waals surface area (Å²) in [5.74, 6) is -0.0719. The van der Waals surface area contributed by atoms with Crippen LogP contribution in [0.4, 0.5) is 11.4 Å². The van der Waals surface area contributed by atoms with E-state index in [0.29, 0.717) is 18.7 Å². The van der Waals surface area contributed by atoms with E-state index in [9.17, 15) is 9.90 Å². The van der Waals surface area contributed by atoms with E-state index in [2.05, 4.69) is 39.4 Å². The zero-order valence-corrected chi connectivity index (χ0v) is 20.5. The highest BCUT2D eigenvalue weighted by atomic mass is 16.5. The summed E-state index contributed by atoms with van der Waals surface area (Å²) in [5.41, 5.74) is 5.26. The summed E-state index contributed by atoms with van der Waals surface area (Å²) in [6, 6.07) is 14.4. The molecule has 0 fully saturated rings. The van der Waals surface area contributed by atoms with Gasteiger partial charge in [-0.25, -0.2) is 0 Å². The van der Waals surface area contributed by atoms with Gasteiger partial charge in [0.1, 0.15) is 0 Å². The van der Waals surface area contributed by atoms with Gasteiger partial charge >= 0.3 is 0 Å². The quantitative estimate of drug-likeness (QED) is 0.569. The molecule has 2 aliphatic rings. The van der Waals surface area contributed by atoms with Crippen molar-refractivity contribution in [2.24, 2.45) is 0 Å². The summed E-state index contributed by atoms with van der Waals surface area (Å²) in [6.07, 6.45) is 6.60. The number of fused-ring (bicyclic) bond motifs is 2. The lowest BCUT2D eigenvalue weighted by atomic mass is 9.99. The van der Waals surface area contributed by atoms with Crippen molar-refractivity contribution in [3.05, 3.63) is 59.2 Å². The van der Waals surface area contributed by atoms with E-state index in [1.165, 1.54) is 17.7 Å². The minimum atomic E-state index is -0.551. The van der Waals surface area contributed by atoms with Crippen molar-refractivity contribution in [3.63, 3.8) is 0 Å². The molecule has 0 bridgehead atoms. The van der Waals surface area contributed by atoms with Gasteiger partial charge < -0.3 is 25.0 Å². The number of carbonyl (C=O) groups excluding carboxylic acids is 1. The van der Waals surface area contributed by atoms with Crippen molar-refractivity contribution in [3.8, 4) is 0 Å². The molecule has 1 unspecified atom stereocenters. The number of aliphatic hydroxyl groups is 1. The SMILES string of the molecule is COCCN1CCCCCC(O)c2cc(C(=O)NCCCN3CCCc4ccccc43)ccc21. The third-order valence-electron chi connectivity index (χ3n) is 7.06. The lowest BCUT2D eigenvalue weighted by Gasteiger charge is -2.31. The van der Waals surface area contributed by atoms with Crippen LogP contribution in [0.1, 0.15) is 66.1 Å². The fraction of sp³-hybridized carbons (Fsp3) is 0.536. The number of anilines is 2. The standard InChI is InChI=1S/C28H39N3O3/c1-34-20-19-31-16-6-2-3-12-27(32)24-21-23(13-14-26(24)31)28(33)29-15-8-18-30-17-7-10-22-9-4-5-11-25(22)30/h4-5,9,11,13-14,21,27,32H,2-3,6-8,10,12,15-20H2,1H3,(H,29,33). The second-order valence-electron chi connectivity index (χ2n) is 9.45. The number of para-hydroxylation sites is 1. The van der Waals surface area contributed by atoms with E-state index in [1.807, 2.05) is 18.2 Å². The zero-order chi connectivity index (χ0) is 23.8. The second-order valence-corrected chi connectivity index (χ2v) is 9.45. The maximum absolute atomic E-state index is 12.9. The molecule has 0 saturated carbocycles. The number of nitrogens with one attached hydrogen (secondary N) is 1. The molecule has 1 atom stereocenters. The maximum atomic E-state index is 12.9. The van der Waals surface area contributed by atoms with Crippen LogP contribution in [0.15, 0.2) is 42.5 Å². The van der Waals surface area contributed by atoms with Gasteiger partial charge in [-0.2, -0.15) is 0 Å². The third kappa shape index (κ3) is 6.10. The number of methoxy groups -OCH3 is 1. The monoisotopic (exact) mass is 465 g/mol. The summed E-state index contributed by atoms with van der Waals surface area (Å²) < 4.78 is 5.30. The Bertz CT molecular complexity index is 948. The number of rotatable bonds is 8. The van der Waals surface area contributed by atoms with Gasteiger partial charge in [-0.05, 0) is 61.9 Å². The molecule has 0 saturated heterocycles. The van der Waals surface area contributed by atoms with Gasteiger partial charge in [0, 0.05) is 62.3 Å². The van der Waals surface area contributed by atoms with Crippen molar-refractivity contribution in [2.75, 3.05) is 56.2 Å². The minimum Gasteiger partial charge on any atom is -0.388 e. The summed E-state index contributed by atoms with van der Waals surface area (Å²) in [7, 11) is 1.71. The Hall–Kier alpha value is -2.57. The van der Waals surface area contributed by atoms with Crippen molar-refractivity contribution >= 4 is 17.3 Å². The molecule has 0 radical (unpaired) electrons. The largest absolute Gasteiger partial charge is 0.388 e. The van der Waals surface area contributed by atoms with Crippen molar-refractivity contribution in [2.45, 2.75) is 51.0 Å². The van der Waals surface area contributed by atoms with Crippen LogP contribution < -0.4 is 15.1 Å². The van der Waals surface area contributed by atoms with Crippen LogP contribution in [0.25, 0.3) is 0 Å². The van der Waals surface area contributed by atoms with E-state index < -0.39 is 6.10 Å². The average Bonchev–Trinajstić information content (AvgIpc) is 2.94. The number of aliphatic hydroxyl groups excluding tert-OH is 1. The first-order chi connectivity index (χ1) is 16.7. The highest BCUT2D eigenvalue weighted by molar-refractivity contribution is 5.95. The molecule has 6 nitrogen and oxygen atoms in total. The molecule has 184 valence electrons. The fourth-order valence-corrected chi connectivity index (χ4v) is 5.20. The summed E-state index contributed by atoms with van der Waals surface area (Å²) >= 11 is 0. The summed E-state index contributed by atoms with van der Waals surface area (Å²) in [6.45, 7) is 5.01. The number of aryl methyl sites for hydroxylation is 1. The molecule has 1 amide bonds. The van der Waals surface area contributed by atoms with E-state index >= 15 is 0 Å². The molecule has 2 aliphatic heterocycles. The molecular formula is C28H39N3O3. The first-order valence-corrected chi connectivity index (χ1v) is 12.8. The summed E-state index contributed by atoms with van der Waals surface area (Å²) in [4.78, 5) is 17.6. The Kier molecular flexibility index (Phi) is 8.83. The van der Waals surface area contributed by atoms with E-state index in [0.717, 1.165) is 76.0 Å². The predicted octanol–water partition coefficient (Wildman–Crippen LogP) is 4.32. The lowest BCUT2D eigenvalue weighted by molar-refractivity contribution is 0.0953. The number of hydrogen-bond acceptors (Lipinski definition) is 5. The smallest absolute Gasteiger partial charge is 0.251 e. The second kappa shape index (κ2) is 12.2. The Morgan fingerprint density at radius 1 is 1.03 bits per heavy atom. The van der Waals surface area contributed by atoms with Gasteiger partial charge in [-0.1, -0.05) is 31.0 Å². The van der Waals surface area contributed by atoms with Crippen molar-refractivity contribution < 1.29 is 14.6 Å². The molecule has 2 aromatic carbocycles. The van der Waals surface area contributed by atoms with Crippen LogP contribution in [0.3, 0.4) is 0 Å². The molecule has 34 heavy (non-hydrogen) atoms. The van der Waals surface area contributed by atoms with Crippen LogP contribution in [0.2, 0.25) is 0 Å². The Balaban J connectivity index is 1.37. The highest BCUT2D eigenvalue weighted by Crippen LogP contribution is 2.32. The minimum absolute atomic E-state index is 0.0719. The topological polar surface area (TPSA) is 65.0 Å². The van der Waals surface area contributed by atoms with Crippen molar-refractivity contribution in [1.29, 1.82) is 0 Å². The Labute approximate surface area is 203 Å². The summed E-state index contributed by atoms with van der Waals surface area (Å²) in [5, 5.41) is 14.0. The average molecular weight is 466 g/mol. The first-order valence-electron chi connectivity index (χ1n) is 12.8. The molecule has 6 heteroatoms. The first kappa shape index (κ1) is 24.6. The molecular weight excluding hydrogens is 426 g/mol. The Morgan fingerprint density at radius 2 is 1.85 bits per heavy atom. The number of carbonyl (C=O) groups is 1. The number of hydrogen-bond donors (Lipinski definition) is 2. The van der Waals surface area contributed by atoms with Gasteiger partial charge in [0.2, 0.25) is 0 Å². The fourth-order valence-electron chi connectivity index (χ4n) is 5.20. The Morgan fingerprint density at radius 3 is 2.74 bits per heavy atom. The molecule has 2 aromatic rings. The molecule has 2 heterocycles. The maximum Gasteiger partial charge on any atom is 0.251 e. The molecule has 0 aromatic heterocycles. The van der Waals surface area contributed by atoms with Gasteiger partial charge in [0.05, 0.1) is 12.7 Å². The van der Waals surface area contributed by atoms with Crippen molar-refractivity contribution in [1.82, 2.24) is 5.32 Å². The zero-order valence-electron chi connectivity index (χ0n) is 20.5. The predicted molar refractivity (Wildman–Crippen MR) is 138 cm³/mol. The number of benzene rings is 2. The highest BCUT2D eigenvalue weighted by Gasteiger charge is 2.21. The molecule has 0 spiro atoms. The number of ether oxygens (including phenoxy) is 1. The lowest BCUT2D eigenvalue weighted by Crippen LogP contribution is -2.33. The normalized spacial score (nSPS) is 18.4. The number of nitrogens with zero attached hydrogens (tertiary/aromatic N) is 2.